The van der Waals surface area contributed by atoms with Crippen molar-refractivity contribution in [1.82, 2.24) is 10.2 Å². The Morgan fingerprint density at radius 3 is 2.71 bits per heavy atom. The normalized spacial score (nSPS) is 10.6. The van der Waals surface area contributed by atoms with E-state index in [9.17, 15) is 4.79 Å². The number of benzene rings is 1. The molecule has 0 spiro atoms. The Balaban J connectivity index is 1.59. The number of hydrogen-bond acceptors (Lipinski definition) is 6. The van der Waals surface area contributed by atoms with Crippen LogP contribution in [-0.2, 0) is 11.2 Å². The van der Waals surface area contributed by atoms with E-state index in [1.165, 1.54) is 11.3 Å². The number of halogens is 1. The quantitative estimate of drug-likeness (QED) is 0.664. The number of aromatic nitrogens is 2. The summed E-state index contributed by atoms with van der Waals surface area (Å²) in [6.07, 6.45) is 0.217. The lowest BCUT2D eigenvalue weighted by Gasteiger charge is -2.04. The highest BCUT2D eigenvalue weighted by atomic mass is 79.9. The average Bonchev–Trinajstić information content (AvgIpc) is 3.18. The van der Waals surface area contributed by atoms with Crippen LogP contribution < -0.4 is 10.1 Å². The molecule has 0 unspecified atom stereocenters. The van der Waals surface area contributed by atoms with Crippen LogP contribution in [0.4, 0.5) is 6.01 Å². The first-order valence-electron chi connectivity index (χ1n) is 7.25. The summed E-state index contributed by atoms with van der Waals surface area (Å²) in [5.41, 5.74) is 0.873. The zero-order valence-electron chi connectivity index (χ0n) is 12.8. The summed E-state index contributed by atoms with van der Waals surface area (Å²) < 4.78 is 11.8. The van der Waals surface area contributed by atoms with Gasteiger partial charge in [-0.2, -0.15) is 0 Å². The Labute approximate surface area is 151 Å². The number of hydrogen-bond donors (Lipinski definition) is 1. The van der Waals surface area contributed by atoms with E-state index >= 15 is 0 Å². The number of anilines is 1. The third-order valence-corrected chi connectivity index (χ3v) is 4.67. The zero-order chi connectivity index (χ0) is 16.9. The van der Waals surface area contributed by atoms with Crippen LogP contribution in [0.2, 0.25) is 0 Å². The Hall–Kier alpha value is -2.19. The minimum atomic E-state index is -0.221. The van der Waals surface area contributed by atoms with Crippen molar-refractivity contribution in [3.05, 3.63) is 45.7 Å². The third kappa shape index (κ3) is 4.21. The predicted molar refractivity (Wildman–Crippen MR) is 95.3 cm³/mol. The van der Waals surface area contributed by atoms with Crippen LogP contribution in [0.5, 0.6) is 5.75 Å². The van der Waals surface area contributed by atoms with Gasteiger partial charge in [0.05, 0.1) is 21.7 Å². The smallest absolute Gasteiger partial charge is 0.322 e. The maximum absolute atomic E-state index is 12.1. The first kappa shape index (κ1) is 16.7. The van der Waals surface area contributed by atoms with Crippen LogP contribution in [0.25, 0.3) is 10.8 Å². The van der Waals surface area contributed by atoms with Crippen molar-refractivity contribution in [2.45, 2.75) is 13.3 Å². The highest BCUT2D eigenvalue weighted by Crippen LogP contribution is 2.30. The topological polar surface area (TPSA) is 77.2 Å². The molecule has 8 heteroatoms. The molecule has 0 bridgehead atoms. The van der Waals surface area contributed by atoms with Gasteiger partial charge in [-0.1, -0.05) is 17.2 Å². The lowest BCUT2D eigenvalue weighted by molar-refractivity contribution is -0.115. The Kier molecular flexibility index (Phi) is 5.27. The first-order valence-corrected chi connectivity index (χ1v) is 8.86. The van der Waals surface area contributed by atoms with Crippen molar-refractivity contribution in [2.75, 3.05) is 11.9 Å². The molecule has 1 aromatic carbocycles. The van der Waals surface area contributed by atoms with Crippen molar-refractivity contribution in [2.24, 2.45) is 0 Å². The summed E-state index contributed by atoms with van der Waals surface area (Å²) in [7, 11) is 0. The summed E-state index contributed by atoms with van der Waals surface area (Å²) in [5.74, 6) is 0.939. The van der Waals surface area contributed by atoms with Crippen LogP contribution in [0, 0.1) is 0 Å². The van der Waals surface area contributed by atoms with Gasteiger partial charge in [0.1, 0.15) is 5.75 Å². The zero-order valence-corrected chi connectivity index (χ0v) is 15.2. The molecule has 24 heavy (non-hydrogen) atoms. The Morgan fingerprint density at radius 2 is 2.04 bits per heavy atom. The molecule has 0 fully saturated rings. The molecule has 2 aromatic heterocycles. The number of nitrogens with zero attached hydrogens (tertiary/aromatic N) is 2. The number of carbonyl (C=O) groups excluding carboxylic acids is 1. The lowest BCUT2D eigenvalue weighted by Crippen LogP contribution is -2.14. The van der Waals surface area contributed by atoms with E-state index in [1.807, 2.05) is 43.3 Å². The minimum Gasteiger partial charge on any atom is -0.494 e. The van der Waals surface area contributed by atoms with E-state index in [0.717, 1.165) is 20.0 Å². The van der Waals surface area contributed by atoms with Crippen LogP contribution >= 0.6 is 27.3 Å². The third-order valence-electron chi connectivity index (χ3n) is 3.05. The molecule has 0 saturated heterocycles. The molecule has 0 radical (unpaired) electrons. The number of rotatable bonds is 6. The fourth-order valence-corrected chi connectivity index (χ4v) is 3.33. The maximum Gasteiger partial charge on any atom is 0.322 e. The summed E-state index contributed by atoms with van der Waals surface area (Å²) in [5, 5.41) is 10.4. The standard InChI is InChI=1S/C16H14BrN3O3S/c1-2-22-11-5-3-10(4-6-11)9-14(21)18-16-20-19-15(23-16)12-7-8-13(17)24-12/h3-8H,2,9H2,1H3,(H,18,20,21). The van der Waals surface area contributed by atoms with Crippen LogP contribution in [0.1, 0.15) is 12.5 Å². The van der Waals surface area contributed by atoms with E-state index in [-0.39, 0.29) is 18.3 Å². The summed E-state index contributed by atoms with van der Waals surface area (Å²) in [6, 6.07) is 11.2. The molecule has 3 aromatic rings. The van der Waals surface area contributed by atoms with Gasteiger partial charge in [0.25, 0.3) is 5.89 Å². The highest BCUT2D eigenvalue weighted by molar-refractivity contribution is 9.11. The van der Waals surface area contributed by atoms with Crippen LogP contribution in [-0.4, -0.2) is 22.7 Å². The largest absolute Gasteiger partial charge is 0.494 e. The van der Waals surface area contributed by atoms with E-state index in [4.69, 9.17) is 9.15 Å². The summed E-state index contributed by atoms with van der Waals surface area (Å²) in [6.45, 7) is 2.54. The summed E-state index contributed by atoms with van der Waals surface area (Å²) >= 11 is 4.86. The van der Waals surface area contributed by atoms with E-state index in [0.29, 0.717) is 12.5 Å². The van der Waals surface area contributed by atoms with Crippen molar-refractivity contribution in [3.8, 4) is 16.5 Å². The molecule has 1 amide bonds. The van der Waals surface area contributed by atoms with Gasteiger partial charge in [0.2, 0.25) is 5.91 Å². The van der Waals surface area contributed by atoms with Gasteiger partial charge >= 0.3 is 6.01 Å². The monoisotopic (exact) mass is 407 g/mol. The Morgan fingerprint density at radius 1 is 1.25 bits per heavy atom. The second kappa shape index (κ2) is 7.59. The highest BCUT2D eigenvalue weighted by Gasteiger charge is 2.13. The van der Waals surface area contributed by atoms with Crippen molar-refractivity contribution < 1.29 is 13.9 Å². The fraction of sp³-hybridized carbons (Fsp3) is 0.188. The van der Waals surface area contributed by atoms with Gasteiger partial charge in [0.15, 0.2) is 0 Å². The van der Waals surface area contributed by atoms with E-state index in [1.54, 1.807) is 0 Å². The molecule has 6 nitrogen and oxygen atoms in total. The van der Waals surface area contributed by atoms with Crippen LogP contribution in [0.3, 0.4) is 0 Å². The van der Waals surface area contributed by atoms with E-state index < -0.39 is 0 Å². The van der Waals surface area contributed by atoms with Crippen molar-refractivity contribution in [1.29, 1.82) is 0 Å². The molecule has 1 N–H and O–H groups in total. The molecule has 2 heterocycles. The van der Waals surface area contributed by atoms with Gasteiger partial charge in [-0.15, -0.1) is 16.4 Å². The molecule has 0 aliphatic carbocycles. The molecule has 0 aliphatic rings. The second-order valence-electron chi connectivity index (χ2n) is 4.82. The molecular weight excluding hydrogens is 394 g/mol. The number of nitrogens with one attached hydrogen (secondary N) is 1. The van der Waals surface area contributed by atoms with Crippen molar-refractivity contribution >= 4 is 39.2 Å². The van der Waals surface area contributed by atoms with Gasteiger partial charge < -0.3 is 9.15 Å². The van der Waals surface area contributed by atoms with Gasteiger partial charge in [-0.3, -0.25) is 10.1 Å². The second-order valence-corrected chi connectivity index (χ2v) is 7.28. The average molecular weight is 408 g/mol. The number of carbonyl (C=O) groups is 1. The predicted octanol–water partition coefficient (Wildman–Crippen LogP) is 4.14. The number of amides is 1. The van der Waals surface area contributed by atoms with E-state index in [2.05, 4.69) is 31.4 Å². The molecule has 124 valence electrons. The van der Waals surface area contributed by atoms with Crippen molar-refractivity contribution in [3.63, 3.8) is 0 Å². The maximum atomic E-state index is 12.1. The van der Waals surface area contributed by atoms with Crippen LogP contribution in [0.15, 0.2) is 44.6 Å². The van der Waals surface area contributed by atoms with Gasteiger partial charge in [-0.05, 0) is 52.7 Å². The first-order chi connectivity index (χ1) is 11.6. The minimum absolute atomic E-state index is 0.0884. The molecule has 0 saturated carbocycles. The van der Waals surface area contributed by atoms with Gasteiger partial charge in [0, 0.05) is 0 Å². The lowest BCUT2D eigenvalue weighted by atomic mass is 10.1. The van der Waals surface area contributed by atoms with Gasteiger partial charge in [-0.25, -0.2) is 0 Å². The fourth-order valence-electron chi connectivity index (χ4n) is 2.02. The molecular formula is C16H14BrN3O3S. The summed E-state index contributed by atoms with van der Waals surface area (Å²) in [4.78, 5) is 12.9. The Bertz CT molecular complexity index is 829. The molecule has 0 atom stereocenters. The number of ether oxygens (including phenoxy) is 1. The SMILES string of the molecule is CCOc1ccc(CC(=O)Nc2nnc(-c3ccc(Br)s3)o2)cc1. The number of thiophene rings is 1. The molecule has 0 aliphatic heterocycles. The molecule has 3 rings (SSSR count).